The van der Waals surface area contributed by atoms with Gasteiger partial charge in [-0.05, 0) is 49.8 Å². The first kappa shape index (κ1) is 21.2. The Morgan fingerprint density at radius 2 is 1.92 bits per heavy atom. The fourth-order valence-corrected chi connectivity index (χ4v) is 3.46. The summed E-state index contributed by atoms with van der Waals surface area (Å²) in [6.45, 7) is 5.16. The highest BCUT2D eigenvalue weighted by molar-refractivity contribution is 6.30. The van der Waals surface area contributed by atoms with Crippen LogP contribution in [0.2, 0.25) is 5.02 Å². The van der Waals surface area contributed by atoms with E-state index in [1.54, 1.807) is 12.1 Å². The van der Waals surface area contributed by atoms with Gasteiger partial charge in [0.05, 0.1) is 11.6 Å². The molecule has 0 aromatic heterocycles. The molecule has 1 aromatic carbocycles. The van der Waals surface area contributed by atoms with Crippen LogP contribution in [0.1, 0.15) is 51.2 Å². The van der Waals surface area contributed by atoms with Gasteiger partial charge in [0.15, 0.2) is 0 Å². The van der Waals surface area contributed by atoms with Gasteiger partial charge in [0.2, 0.25) is 5.91 Å². The summed E-state index contributed by atoms with van der Waals surface area (Å²) in [5.74, 6) is 0.189. The lowest BCUT2D eigenvalue weighted by molar-refractivity contribution is -0.138. The van der Waals surface area contributed by atoms with Gasteiger partial charge in [-0.1, -0.05) is 37.1 Å². The van der Waals surface area contributed by atoms with Gasteiger partial charge in [-0.25, -0.2) is 0 Å². The molecule has 2 rings (SSSR count). The summed E-state index contributed by atoms with van der Waals surface area (Å²) in [5, 5.41) is 11.2. The average molecular weight is 375 g/mol. The molecule has 1 aromatic rings. The summed E-state index contributed by atoms with van der Waals surface area (Å²) in [5.41, 5.74) is 6.25. The van der Waals surface area contributed by atoms with Crippen molar-refractivity contribution in [1.29, 1.82) is 0 Å². The van der Waals surface area contributed by atoms with Gasteiger partial charge in [0.25, 0.3) is 0 Å². The number of carbonyl (C=O) groups is 1. The van der Waals surface area contributed by atoms with Gasteiger partial charge < -0.3 is 15.7 Å². The number of hydrogen-bond acceptors (Lipinski definition) is 3. The van der Waals surface area contributed by atoms with E-state index in [2.05, 4.69) is 0 Å². The number of amides is 1. The minimum atomic E-state index is -0.781. The van der Waals surface area contributed by atoms with Crippen LogP contribution in [0.25, 0.3) is 0 Å². The lowest BCUT2D eigenvalue weighted by Gasteiger charge is -2.38. The Labute approximate surface area is 155 Å². The summed E-state index contributed by atoms with van der Waals surface area (Å²) in [7, 11) is 0. The normalized spacial score (nSPS) is 19.3. The molecule has 24 heavy (non-hydrogen) atoms. The van der Waals surface area contributed by atoms with Crippen LogP contribution in [-0.2, 0) is 4.79 Å². The quantitative estimate of drug-likeness (QED) is 0.827. The molecular formula is C18H28Cl2N2O2. The Morgan fingerprint density at radius 1 is 1.38 bits per heavy atom. The van der Waals surface area contributed by atoms with Crippen molar-refractivity contribution in [3.05, 3.63) is 34.9 Å². The van der Waals surface area contributed by atoms with Crippen LogP contribution in [-0.4, -0.2) is 34.5 Å². The Bertz CT molecular complexity index is 526. The first-order valence-electron chi connectivity index (χ1n) is 8.37. The average Bonchev–Trinajstić information content (AvgIpc) is 2.54. The van der Waals surface area contributed by atoms with Crippen LogP contribution in [0.15, 0.2) is 24.3 Å². The third-order valence-electron chi connectivity index (χ3n) is 4.74. The minimum Gasteiger partial charge on any atom is -0.388 e. The molecule has 136 valence electrons. The predicted octanol–water partition coefficient (Wildman–Crippen LogP) is 3.55. The summed E-state index contributed by atoms with van der Waals surface area (Å²) < 4.78 is 0. The molecule has 2 unspecified atom stereocenters. The highest BCUT2D eigenvalue weighted by Crippen LogP contribution is 2.32. The maximum absolute atomic E-state index is 12.5. The summed E-state index contributed by atoms with van der Waals surface area (Å²) in [4.78, 5) is 14.4. The van der Waals surface area contributed by atoms with E-state index < -0.39 is 11.6 Å². The lowest BCUT2D eigenvalue weighted by atomic mass is 9.86. The first-order chi connectivity index (χ1) is 10.8. The molecule has 0 spiro atoms. The first-order valence-corrected chi connectivity index (χ1v) is 8.74. The molecule has 0 bridgehead atoms. The predicted molar refractivity (Wildman–Crippen MR) is 100 cm³/mol. The number of piperidine rings is 1. The zero-order valence-corrected chi connectivity index (χ0v) is 15.9. The van der Waals surface area contributed by atoms with Crippen LogP contribution in [0, 0.1) is 5.92 Å². The molecule has 1 fully saturated rings. The van der Waals surface area contributed by atoms with Crippen LogP contribution in [0.4, 0.5) is 0 Å². The van der Waals surface area contributed by atoms with Crippen molar-refractivity contribution >= 4 is 29.9 Å². The lowest BCUT2D eigenvalue weighted by Crippen LogP contribution is -2.55. The topological polar surface area (TPSA) is 66.6 Å². The van der Waals surface area contributed by atoms with Crippen LogP contribution in [0.3, 0.4) is 0 Å². The molecule has 1 aliphatic heterocycles. The Morgan fingerprint density at radius 3 is 2.42 bits per heavy atom. The second kappa shape index (κ2) is 9.04. The van der Waals surface area contributed by atoms with Gasteiger partial charge in [0, 0.05) is 18.1 Å². The largest absolute Gasteiger partial charge is 0.388 e. The molecule has 0 saturated carbocycles. The van der Waals surface area contributed by atoms with Crippen LogP contribution < -0.4 is 5.73 Å². The van der Waals surface area contributed by atoms with E-state index in [0.29, 0.717) is 24.5 Å². The number of rotatable bonds is 5. The number of halogens is 2. The van der Waals surface area contributed by atoms with E-state index in [4.69, 9.17) is 17.3 Å². The summed E-state index contributed by atoms with van der Waals surface area (Å²) >= 11 is 5.89. The van der Waals surface area contributed by atoms with Gasteiger partial charge in [0.1, 0.15) is 0 Å². The van der Waals surface area contributed by atoms with Crippen molar-refractivity contribution in [3.63, 3.8) is 0 Å². The third kappa shape index (κ3) is 5.09. The molecule has 4 nitrogen and oxygen atoms in total. The fourth-order valence-electron chi connectivity index (χ4n) is 3.34. The molecule has 1 heterocycles. The molecular weight excluding hydrogens is 347 g/mol. The van der Waals surface area contributed by atoms with E-state index >= 15 is 0 Å². The number of nitrogens with two attached hydrogens (primary N) is 1. The second-order valence-corrected chi connectivity index (χ2v) is 7.23. The minimum absolute atomic E-state index is 0. The number of carbonyl (C=O) groups excluding carboxylic acids is 1. The third-order valence-corrected chi connectivity index (χ3v) is 4.99. The van der Waals surface area contributed by atoms with E-state index in [1.807, 2.05) is 30.9 Å². The van der Waals surface area contributed by atoms with Gasteiger partial charge in [-0.15, -0.1) is 12.4 Å². The maximum Gasteiger partial charge on any atom is 0.242 e. The number of hydrogen-bond donors (Lipinski definition) is 2. The van der Waals surface area contributed by atoms with Gasteiger partial charge in [-0.3, -0.25) is 4.79 Å². The molecule has 6 heteroatoms. The fraction of sp³-hybridized carbons (Fsp3) is 0.611. The molecule has 2 atom stereocenters. The number of nitrogens with zero attached hydrogens (tertiary/aromatic N) is 1. The van der Waals surface area contributed by atoms with Crippen LogP contribution >= 0.6 is 24.0 Å². The van der Waals surface area contributed by atoms with E-state index in [9.17, 15) is 9.90 Å². The zero-order chi connectivity index (χ0) is 17.0. The molecule has 0 radical (unpaired) electrons. The van der Waals surface area contributed by atoms with Gasteiger partial charge in [-0.2, -0.15) is 0 Å². The van der Waals surface area contributed by atoms with Crippen molar-refractivity contribution in [2.75, 3.05) is 13.1 Å². The Hall–Kier alpha value is -0.810. The molecule has 1 saturated heterocycles. The van der Waals surface area contributed by atoms with E-state index in [1.165, 1.54) is 0 Å². The smallest absolute Gasteiger partial charge is 0.242 e. The number of benzene rings is 1. The van der Waals surface area contributed by atoms with E-state index in [-0.39, 0.29) is 24.2 Å². The monoisotopic (exact) mass is 374 g/mol. The Kier molecular flexibility index (Phi) is 8.00. The zero-order valence-electron chi connectivity index (χ0n) is 14.4. The van der Waals surface area contributed by atoms with Gasteiger partial charge >= 0.3 is 0 Å². The van der Waals surface area contributed by atoms with E-state index in [0.717, 1.165) is 24.8 Å². The molecule has 1 aliphatic rings. The second-order valence-electron chi connectivity index (χ2n) is 6.79. The molecule has 3 N–H and O–H groups in total. The van der Waals surface area contributed by atoms with Crippen molar-refractivity contribution in [3.8, 4) is 0 Å². The summed E-state index contributed by atoms with van der Waals surface area (Å²) in [6, 6.07) is 7.32. The molecule has 0 aliphatic carbocycles. The van der Waals surface area contributed by atoms with Crippen molar-refractivity contribution in [1.82, 2.24) is 4.90 Å². The maximum atomic E-state index is 12.5. The standard InChI is InChI=1S/C18H27ClN2O2.ClH/c1-3-10-18(2,20)17(23)21-11-8-14(9-12-21)16(22)13-4-6-15(19)7-5-13;/h4-7,14,16,22H,3,8-12,20H2,1-2H3;1H. The summed E-state index contributed by atoms with van der Waals surface area (Å²) in [6.07, 6.45) is 2.66. The SMILES string of the molecule is CCCC(C)(N)C(=O)N1CCC(C(O)c2ccc(Cl)cc2)CC1.Cl. The Balaban J connectivity index is 0.00000288. The highest BCUT2D eigenvalue weighted by Gasteiger charge is 2.35. The van der Waals surface area contributed by atoms with Crippen molar-refractivity contribution in [2.45, 2.75) is 51.2 Å². The molecule has 1 amide bonds. The highest BCUT2D eigenvalue weighted by atomic mass is 35.5. The van der Waals surface area contributed by atoms with Crippen molar-refractivity contribution < 1.29 is 9.90 Å². The van der Waals surface area contributed by atoms with Crippen LogP contribution in [0.5, 0.6) is 0 Å². The number of aliphatic hydroxyl groups is 1. The van der Waals surface area contributed by atoms with Crippen molar-refractivity contribution in [2.24, 2.45) is 11.7 Å². The number of likely N-dealkylation sites (tertiary alicyclic amines) is 1. The number of aliphatic hydroxyl groups excluding tert-OH is 1.